The SMILES string of the molecule is Cc1ccc(-n2nnnc2SCc2noc(-c3ccc(F)cc3)n2)cc1C. The first-order chi connectivity index (χ1) is 13.1. The van der Waals surface area contributed by atoms with Crippen LogP contribution in [0.1, 0.15) is 17.0 Å². The Bertz CT molecular complexity index is 1080. The summed E-state index contributed by atoms with van der Waals surface area (Å²) in [6.45, 7) is 4.11. The second kappa shape index (κ2) is 7.28. The van der Waals surface area contributed by atoms with Gasteiger partial charge in [0.15, 0.2) is 5.82 Å². The monoisotopic (exact) mass is 382 g/mol. The fourth-order valence-electron chi connectivity index (χ4n) is 2.44. The van der Waals surface area contributed by atoms with E-state index < -0.39 is 0 Å². The Kier molecular flexibility index (Phi) is 4.68. The number of hydrogen-bond acceptors (Lipinski definition) is 7. The number of thioether (sulfide) groups is 1. The van der Waals surface area contributed by atoms with Crippen molar-refractivity contribution in [2.24, 2.45) is 0 Å². The maximum Gasteiger partial charge on any atom is 0.257 e. The molecule has 0 amide bonds. The first kappa shape index (κ1) is 17.3. The fraction of sp³-hybridized carbons (Fsp3) is 0.167. The van der Waals surface area contributed by atoms with Crippen LogP contribution in [0.5, 0.6) is 0 Å². The van der Waals surface area contributed by atoms with Gasteiger partial charge >= 0.3 is 0 Å². The molecule has 0 unspecified atom stereocenters. The number of halogens is 1. The van der Waals surface area contributed by atoms with E-state index >= 15 is 0 Å². The summed E-state index contributed by atoms with van der Waals surface area (Å²) in [5.41, 5.74) is 3.94. The minimum atomic E-state index is -0.313. The Labute approximate surface area is 158 Å². The number of hydrogen-bond donors (Lipinski definition) is 0. The third-order valence-corrected chi connectivity index (χ3v) is 4.98. The molecule has 9 heteroatoms. The second-order valence-electron chi connectivity index (χ2n) is 5.95. The third kappa shape index (κ3) is 3.72. The van der Waals surface area contributed by atoms with Crippen molar-refractivity contribution in [3.63, 3.8) is 0 Å². The van der Waals surface area contributed by atoms with Crippen molar-refractivity contribution in [1.29, 1.82) is 0 Å². The van der Waals surface area contributed by atoms with Crippen LogP contribution < -0.4 is 0 Å². The first-order valence-corrected chi connectivity index (χ1v) is 9.16. The Morgan fingerprint density at radius 2 is 1.89 bits per heavy atom. The molecule has 0 aliphatic heterocycles. The summed E-state index contributed by atoms with van der Waals surface area (Å²) in [5, 5.41) is 16.5. The van der Waals surface area contributed by atoms with Crippen LogP contribution >= 0.6 is 11.8 Å². The average molecular weight is 382 g/mol. The van der Waals surface area contributed by atoms with E-state index in [2.05, 4.69) is 32.6 Å². The van der Waals surface area contributed by atoms with E-state index in [-0.39, 0.29) is 5.82 Å². The van der Waals surface area contributed by atoms with Gasteiger partial charge in [0.05, 0.1) is 11.4 Å². The lowest BCUT2D eigenvalue weighted by Gasteiger charge is -2.06. The molecule has 0 fully saturated rings. The average Bonchev–Trinajstić information content (AvgIpc) is 3.32. The van der Waals surface area contributed by atoms with Gasteiger partial charge in [-0.3, -0.25) is 0 Å². The van der Waals surface area contributed by atoms with Crippen molar-refractivity contribution in [3.05, 3.63) is 65.2 Å². The van der Waals surface area contributed by atoms with Crippen LogP contribution in [0, 0.1) is 19.7 Å². The molecule has 4 rings (SSSR count). The zero-order valence-corrected chi connectivity index (χ0v) is 15.4. The van der Waals surface area contributed by atoms with Crippen LogP contribution in [-0.4, -0.2) is 30.3 Å². The third-order valence-electron chi connectivity index (χ3n) is 4.07. The zero-order valence-electron chi connectivity index (χ0n) is 14.6. The zero-order chi connectivity index (χ0) is 18.8. The first-order valence-electron chi connectivity index (χ1n) is 8.17. The van der Waals surface area contributed by atoms with Gasteiger partial charge in [-0.05, 0) is 71.8 Å². The molecule has 0 aliphatic carbocycles. The number of nitrogens with zero attached hydrogens (tertiary/aromatic N) is 6. The Morgan fingerprint density at radius 1 is 1.07 bits per heavy atom. The van der Waals surface area contributed by atoms with Gasteiger partial charge in [-0.2, -0.15) is 9.67 Å². The van der Waals surface area contributed by atoms with E-state index in [9.17, 15) is 4.39 Å². The van der Waals surface area contributed by atoms with Crippen LogP contribution in [0.3, 0.4) is 0 Å². The fourth-order valence-corrected chi connectivity index (χ4v) is 3.17. The molecule has 0 saturated heterocycles. The lowest BCUT2D eigenvalue weighted by atomic mass is 10.1. The molecular formula is C18H15FN6OS. The van der Waals surface area contributed by atoms with E-state index in [0.717, 1.165) is 5.69 Å². The molecule has 0 saturated carbocycles. The van der Waals surface area contributed by atoms with Gasteiger partial charge in [0.2, 0.25) is 5.16 Å². The van der Waals surface area contributed by atoms with Gasteiger partial charge in [0, 0.05) is 5.56 Å². The summed E-state index contributed by atoms with van der Waals surface area (Å²) < 4.78 is 19.9. The summed E-state index contributed by atoms with van der Waals surface area (Å²) in [6, 6.07) is 12.0. The number of aryl methyl sites for hydroxylation is 2. The molecule has 4 aromatic rings. The van der Waals surface area contributed by atoms with E-state index in [1.807, 2.05) is 25.1 Å². The molecule has 0 N–H and O–H groups in total. The van der Waals surface area contributed by atoms with Gasteiger partial charge in [-0.1, -0.05) is 23.0 Å². The molecular weight excluding hydrogens is 367 g/mol. The van der Waals surface area contributed by atoms with Gasteiger partial charge in [0.1, 0.15) is 5.82 Å². The largest absolute Gasteiger partial charge is 0.334 e. The van der Waals surface area contributed by atoms with Gasteiger partial charge < -0.3 is 4.52 Å². The predicted molar refractivity (Wildman–Crippen MR) is 97.9 cm³/mol. The molecule has 0 atom stereocenters. The highest BCUT2D eigenvalue weighted by Crippen LogP contribution is 2.24. The minimum Gasteiger partial charge on any atom is -0.334 e. The summed E-state index contributed by atoms with van der Waals surface area (Å²) in [7, 11) is 0. The molecule has 136 valence electrons. The number of benzene rings is 2. The lowest BCUT2D eigenvalue weighted by molar-refractivity contribution is 0.425. The van der Waals surface area contributed by atoms with E-state index in [0.29, 0.717) is 28.2 Å². The molecule has 2 aromatic heterocycles. The van der Waals surface area contributed by atoms with Gasteiger partial charge in [-0.25, -0.2) is 4.39 Å². The van der Waals surface area contributed by atoms with Crippen LogP contribution in [0.15, 0.2) is 52.1 Å². The molecule has 0 spiro atoms. The predicted octanol–water partition coefficient (Wildman–Crippen LogP) is 3.76. The van der Waals surface area contributed by atoms with Crippen molar-refractivity contribution < 1.29 is 8.91 Å². The molecule has 7 nitrogen and oxygen atoms in total. The van der Waals surface area contributed by atoms with Crippen LogP contribution in [-0.2, 0) is 5.75 Å². The van der Waals surface area contributed by atoms with Gasteiger partial charge in [0.25, 0.3) is 5.89 Å². The Morgan fingerprint density at radius 3 is 2.67 bits per heavy atom. The van der Waals surface area contributed by atoms with Crippen LogP contribution in [0.25, 0.3) is 17.1 Å². The lowest BCUT2D eigenvalue weighted by Crippen LogP contribution is -2.00. The number of rotatable bonds is 5. The molecule has 0 radical (unpaired) electrons. The quantitative estimate of drug-likeness (QED) is 0.486. The normalized spacial score (nSPS) is 11.1. The van der Waals surface area contributed by atoms with Gasteiger partial charge in [-0.15, -0.1) is 5.10 Å². The Balaban J connectivity index is 1.49. The molecule has 0 aliphatic rings. The maximum atomic E-state index is 13.0. The van der Waals surface area contributed by atoms with Crippen molar-refractivity contribution in [3.8, 4) is 17.1 Å². The topological polar surface area (TPSA) is 82.5 Å². The smallest absolute Gasteiger partial charge is 0.257 e. The number of tetrazole rings is 1. The highest BCUT2D eigenvalue weighted by atomic mass is 32.2. The van der Waals surface area contributed by atoms with E-state index in [1.54, 1.807) is 16.8 Å². The number of aromatic nitrogens is 6. The Hall–Kier alpha value is -3.07. The van der Waals surface area contributed by atoms with Crippen molar-refractivity contribution in [1.82, 2.24) is 30.3 Å². The molecule has 2 aromatic carbocycles. The van der Waals surface area contributed by atoms with Crippen molar-refractivity contribution in [2.45, 2.75) is 24.8 Å². The highest BCUT2D eigenvalue weighted by molar-refractivity contribution is 7.98. The minimum absolute atomic E-state index is 0.313. The summed E-state index contributed by atoms with van der Waals surface area (Å²) in [4.78, 5) is 4.34. The van der Waals surface area contributed by atoms with E-state index in [4.69, 9.17) is 4.52 Å². The highest BCUT2D eigenvalue weighted by Gasteiger charge is 2.13. The summed E-state index contributed by atoms with van der Waals surface area (Å²) >= 11 is 1.40. The molecule has 0 bridgehead atoms. The standard InChI is InChI=1S/C18H15FN6OS/c1-11-3-8-15(9-12(11)2)25-18(21-23-24-25)27-10-16-20-17(26-22-16)13-4-6-14(19)7-5-13/h3-9H,10H2,1-2H3. The maximum absolute atomic E-state index is 13.0. The van der Waals surface area contributed by atoms with Crippen molar-refractivity contribution >= 4 is 11.8 Å². The molecule has 27 heavy (non-hydrogen) atoms. The molecule has 2 heterocycles. The van der Waals surface area contributed by atoms with Crippen LogP contribution in [0.2, 0.25) is 0 Å². The van der Waals surface area contributed by atoms with Crippen LogP contribution in [0.4, 0.5) is 4.39 Å². The second-order valence-corrected chi connectivity index (χ2v) is 6.90. The summed E-state index contributed by atoms with van der Waals surface area (Å²) in [5.74, 6) is 0.983. The van der Waals surface area contributed by atoms with Crippen molar-refractivity contribution in [2.75, 3.05) is 0 Å². The summed E-state index contributed by atoms with van der Waals surface area (Å²) in [6.07, 6.45) is 0. The van der Waals surface area contributed by atoms with E-state index in [1.165, 1.54) is 35.0 Å².